The van der Waals surface area contributed by atoms with Crippen LogP contribution in [0, 0.1) is 0 Å². The van der Waals surface area contributed by atoms with Crippen molar-refractivity contribution in [2.24, 2.45) is 12.0 Å². The van der Waals surface area contributed by atoms with Gasteiger partial charge in [-0.15, -0.1) is 0 Å². The molecule has 3 rings (SSSR count). The van der Waals surface area contributed by atoms with Crippen molar-refractivity contribution in [2.45, 2.75) is 26.6 Å². The third-order valence-corrected chi connectivity index (χ3v) is 5.06. The number of pyridine rings is 1. The normalized spacial score (nSPS) is 11.5. The minimum atomic E-state index is 0.00371. The van der Waals surface area contributed by atoms with Crippen LogP contribution in [0.25, 0.3) is 0 Å². The highest BCUT2D eigenvalue weighted by Gasteiger charge is 2.10. The largest absolute Gasteiger partial charge is 0.357 e. The van der Waals surface area contributed by atoms with Gasteiger partial charge in [-0.05, 0) is 30.2 Å². The van der Waals surface area contributed by atoms with Gasteiger partial charge in [0.05, 0.1) is 24.7 Å². The van der Waals surface area contributed by atoms with Crippen molar-refractivity contribution in [1.29, 1.82) is 0 Å². The monoisotopic (exact) mass is 425 g/mol. The number of hydrogen-bond donors (Lipinski definition) is 1. The number of rotatable bonds is 7. The van der Waals surface area contributed by atoms with Gasteiger partial charge < -0.3 is 19.4 Å². The Hall–Kier alpha value is -2.99. The zero-order valence-electron chi connectivity index (χ0n) is 17.7. The lowest BCUT2D eigenvalue weighted by molar-refractivity contribution is 0.462. The molecule has 0 aliphatic heterocycles. The predicted molar refractivity (Wildman–Crippen MR) is 123 cm³/mol. The Morgan fingerprint density at radius 2 is 1.90 bits per heavy atom. The maximum Gasteiger partial charge on any atom is 0.250 e. The molecular formula is C23H28ClN5O. The molecule has 158 valence electrons. The fraction of sp³-hybridized carbons (Fsp3) is 0.304. The molecule has 0 atom stereocenters. The first-order chi connectivity index (χ1) is 14.5. The molecule has 1 aromatic carbocycles. The van der Waals surface area contributed by atoms with Gasteiger partial charge in [0.15, 0.2) is 5.96 Å². The van der Waals surface area contributed by atoms with Gasteiger partial charge in [0.25, 0.3) is 5.56 Å². The third kappa shape index (κ3) is 5.76. The van der Waals surface area contributed by atoms with E-state index in [9.17, 15) is 4.79 Å². The molecule has 30 heavy (non-hydrogen) atoms. The Balaban J connectivity index is 1.66. The number of halogens is 1. The van der Waals surface area contributed by atoms with Crippen molar-refractivity contribution < 1.29 is 0 Å². The summed E-state index contributed by atoms with van der Waals surface area (Å²) in [5, 5.41) is 4.08. The lowest BCUT2D eigenvalue weighted by atomic mass is 10.1. The molecule has 0 aliphatic rings. The number of benzene rings is 1. The van der Waals surface area contributed by atoms with E-state index in [0.29, 0.717) is 19.6 Å². The Labute approximate surface area is 182 Å². The zero-order valence-corrected chi connectivity index (χ0v) is 18.4. The van der Waals surface area contributed by atoms with E-state index in [1.807, 2.05) is 49.1 Å². The van der Waals surface area contributed by atoms with Crippen molar-refractivity contribution in [2.75, 3.05) is 13.6 Å². The summed E-state index contributed by atoms with van der Waals surface area (Å²) in [6, 6.07) is 15.4. The van der Waals surface area contributed by atoms with Crippen LogP contribution < -0.4 is 10.9 Å². The smallest absolute Gasteiger partial charge is 0.250 e. The first kappa shape index (κ1) is 21.7. The minimum Gasteiger partial charge on any atom is -0.357 e. The summed E-state index contributed by atoms with van der Waals surface area (Å²) in [4.78, 5) is 18.7. The summed E-state index contributed by atoms with van der Waals surface area (Å²) >= 11 is 6.10. The highest BCUT2D eigenvalue weighted by atomic mass is 35.5. The molecule has 0 spiro atoms. The second-order valence-corrected chi connectivity index (χ2v) is 7.71. The first-order valence-corrected chi connectivity index (χ1v) is 10.4. The molecule has 0 unspecified atom stereocenters. The Morgan fingerprint density at radius 1 is 1.17 bits per heavy atom. The maximum atomic E-state index is 11.9. The van der Waals surface area contributed by atoms with Crippen LogP contribution in [0.2, 0.25) is 5.02 Å². The van der Waals surface area contributed by atoms with Gasteiger partial charge in [-0.3, -0.25) is 4.79 Å². The Bertz CT molecular complexity index is 1050. The first-order valence-electron chi connectivity index (χ1n) is 9.99. The van der Waals surface area contributed by atoms with Crippen molar-refractivity contribution in [3.05, 3.63) is 93.1 Å². The van der Waals surface area contributed by atoms with Crippen LogP contribution in [0.1, 0.15) is 23.7 Å². The van der Waals surface area contributed by atoms with E-state index in [2.05, 4.69) is 29.3 Å². The summed E-state index contributed by atoms with van der Waals surface area (Å²) in [5.41, 5.74) is 3.32. The van der Waals surface area contributed by atoms with Crippen LogP contribution in [0.3, 0.4) is 0 Å². The van der Waals surface area contributed by atoms with E-state index in [1.165, 1.54) is 0 Å². The zero-order chi connectivity index (χ0) is 21.5. The molecule has 0 saturated heterocycles. The molecule has 0 saturated carbocycles. The highest BCUT2D eigenvalue weighted by Crippen LogP contribution is 2.14. The minimum absolute atomic E-state index is 0.00371. The van der Waals surface area contributed by atoms with Crippen LogP contribution in [-0.4, -0.2) is 33.6 Å². The van der Waals surface area contributed by atoms with Gasteiger partial charge in [0.2, 0.25) is 0 Å². The molecule has 2 aromatic heterocycles. The number of aryl methyl sites for hydroxylation is 1. The average molecular weight is 426 g/mol. The number of nitrogens with zero attached hydrogens (tertiary/aromatic N) is 4. The van der Waals surface area contributed by atoms with E-state index >= 15 is 0 Å². The fourth-order valence-corrected chi connectivity index (χ4v) is 3.49. The van der Waals surface area contributed by atoms with Crippen molar-refractivity contribution in [3.8, 4) is 0 Å². The average Bonchev–Trinajstić information content (AvgIpc) is 3.04. The van der Waals surface area contributed by atoms with Crippen LogP contribution >= 0.6 is 11.6 Å². The molecule has 0 amide bonds. The second-order valence-electron chi connectivity index (χ2n) is 7.27. The SMILES string of the molecule is CCNC(=NCc1ccc(Cn2ccccc2=O)cc1)N(C)Cc1cc(Cl)cn1C. The van der Waals surface area contributed by atoms with Crippen molar-refractivity contribution in [3.63, 3.8) is 0 Å². The lowest BCUT2D eigenvalue weighted by Gasteiger charge is -2.22. The van der Waals surface area contributed by atoms with Gasteiger partial charge in [0.1, 0.15) is 0 Å². The number of nitrogens with one attached hydrogen (secondary N) is 1. The van der Waals surface area contributed by atoms with Crippen LogP contribution in [0.15, 0.2) is 70.7 Å². The maximum absolute atomic E-state index is 11.9. The third-order valence-electron chi connectivity index (χ3n) is 4.86. The van der Waals surface area contributed by atoms with E-state index in [1.54, 1.807) is 22.9 Å². The van der Waals surface area contributed by atoms with E-state index in [0.717, 1.165) is 34.3 Å². The molecule has 0 fully saturated rings. The number of guanidine groups is 1. The summed E-state index contributed by atoms with van der Waals surface area (Å²) in [5.74, 6) is 0.842. The van der Waals surface area contributed by atoms with Crippen molar-refractivity contribution >= 4 is 17.6 Å². The van der Waals surface area contributed by atoms with Crippen LogP contribution in [-0.2, 0) is 26.7 Å². The number of aliphatic imine (C=N–C) groups is 1. The molecular weight excluding hydrogens is 398 g/mol. The summed E-state index contributed by atoms with van der Waals surface area (Å²) in [6.45, 7) is 4.70. The standard InChI is InChI=1S/C23H28ClN5O/c1-4-25-23(28(3)17-21-13-20(24)16-27(21)2)26-14-18-8-10-19(11-9-18)15-29-12-6-5-7-22(29)30/h5-13,16H,4,14-15,17H2,1-3H3,(H,25,26). The lowest BCUT2D eigenvalue weighted by Crippen LogP contribution is -2.38. The van der Waals surface area contributed by atoms with Crippen LogP contribution in [0.4, 0.5) is 0 Å². The van der Waals surface area contributed by atoms with Gasteiger partial charge >= 0.3 is 0 Å². The number of aromatic nitrogens is 2. The molecule has 6 nitrogen and oxygen atoms in total. The molecule has 0 radical (unpaired) electrons. The quantitative estimate of drug-likeness (QED) is 0.465. The molecule has 1 N–H and O–H groups in total. The molecule has 2 heterocycles. The van der Waals surface area contributed by atoms with Gasteiger partial charge in [0, 0.05) is 44.8 Å². The summed E-state index contributed by atoms with van der Waals surface area (Å²) in [7, 11) is 4.01. The van der Waals surface area contributed by atoms with Crippen molar-refractivity contribution in [1.82, 2.24) is 19.4 Å². The van der Waals surface area contributed by atoms with Gasteiger partial charge in [-0.1, -0.05) is 41.9 Å². The van der Waals surface area contributed by atoms with E-state index < -0.39 is 0 Å². The van der Waals surface area contributed by atoms with Gasteiger partial charge in [-0.25, -0.2) is 4.99 Å². The van der Waals surface area contributed by atoms with E-state index in [-0.39, 0.29) is 5.56 Å². The fourth-order valence-electron chi connectivity index (χ4n) is 3.22. The van der Waals surface area contributed by atoms with Crippen LogP contribution in [0.5, 0.6) is 0 Å². The summed E-state index contributed by atoms with van der Waals surface area (Å²) in [6.07, 6.45) is 3.71. The second kappa shape index (κ2) is 10.2. The topological polar surface area (TPSA) is 54.6 Å². The molecule has 0 bridgehead atoms. The molecule has 0 aliphatic carbocycles. The predicted octanol–water partition coefficient (Wildman–Crippen LogP) is 3.49. The van der Waals surface area contributed by atoms with Gasteiger partial charge in [-0.2, -0.15) is 0 Å². The number of hydrogen-bond acceptors (Lipinski definition) is 2. The Morgan fingerprint density at radius 3 is 2.53 bits per heavy atom. The highest BCUT2D eigenvalue weighted by molar-refractivity contribution is 6.30. The molecule has 7 heteroatoms. The van der Waals surface area contributed by atoms with E-state index in [4.69, 9.17) is 16.6 Å². The Kier molecular flexibility index (Phi) is 7.36. The summed E-state index contributed by atoms with van der Waals surface area (Å²) < 4.78 is 3.72. The molecule has 3 aromatic rings.